The van der Waals surface area contributed by atoms with Crippen molar-refractivity contribution in [3.63, 3.8) is 0 Å². The number of aliphatic hydroxyl groups is 1. The van der Waals surface area contributed by atoms with Crippen molar-refractivity contribution < 1.29 is 29.0 Å². The summed E-state index contributed by atoms with van der Waals surface area (Å²) in [6.07, 6.45) is 0.569. The minimum Gasteiger partial charge on any atom is -0.477 e. The molecule has 2 amide bonds. The summed E-state index contributed by atoms with van der Waals surface area (Å²) < 4.78 is 12.7. The maximum Gasteiger partial charge on any atom is 0.353 e. The molecule has 3 saturated heterocycles. The number of aliphatic carboxylic acids is 1. The van der Waals surface area contributed by atoms with Crippen molar-refractivity contribution in [2.24, 2.45) is 11.8 Å². The summed E-state index contributed by atoms with van der Waals surface area (Å²) in [5.41, 5.74) is 0.0228. The first kappa shape index (κ1) is 24.4. The second-order valence-corrected chi connectivity index (χ2v) is 10.8. The molecular formula is C22H33FN4O5S. The number of nitrogens with zero attached hydrogens (tertiary/aromatic N) is 3. The van der Waals surface area contributed by atoms with Crippen molar-refractivity contribution in [1.82, 2.24) is 20.0 Å². The highest BCUT2D eigenvalue weighted by Crippen LogP contribution is 2.51. The molecular weight excluding hydrogens is 451 g/mol. The van der Waals surface area contributed by atoms with Gasteiger partial charge in [-0.05, 0) is 26.3 Å². The van der Waals surface area contributed by atoms with Crippen LogP contribution in [0.3, 0.4) is 0 Å². The van der Waals surface area contributed by atoms with E-state index in [1.54, 1.807) is 6.92 Å². The number of alkyl halides is 1. The van der Waals surface area contributed by atoms with Crippen molar-refractivity contribution >= 4 is 29.5 Å². The predicted molar refractivity (Wildman–Crippen MR) is 121 cm³/mol. The van der Waals surface area contributed by atoms with Crippen LogP contribution in [0.2, 0.25) is 0 Å². The maximum atomic E-state index is 13.1. The summed E-state index contributed by atoms with van der Waals surface area (Å²) in [7, 11) is 0. The molecule has 4 heterocycles. The van der Waals surface area contributed by atoms with E-state index >= 15 is 0 Å². The summed E-state index contributed by atoms with van der Waals surface area (Å²) in [6.45, 7) is 6.76. The maximum absolute atomic E-state index is 13.1. The van der Waals surface area contributed by atoms with Crippen LogP contribution in [0.25, 0.3) is 0 Å². The third-order valence-corrected chi connectivity index (χ3v) is 8.81. The Hall–Kier alpha value is -1.69. The molecule has 33 heavy (non-hydrogen) atoms. The fraction of sp³-hybridized carbons (Fsp3) is 0.773. The van der Waals surface area contributed by atoms with E-state index in [1.807, 2.05) is 16.7 Å². The number of carboxylic acid groups (broad SMARTS) is 1. The smallest absolute Gasteiger partial charge is 0.353 e. The fourth-order valence-corrected chi connectivity index (χ4v) is 7.07. The van der Waals surface area contributed by atoms with Crippen LogP contribution in [0.1, 0.15) is 26.7 Å². The van der Waals surface area contributed by atoms with Crippen molar-refractivity contribution in [2.75, 3.05) is 45.9 Å². The van der Waals surface area contributed by atoms with Gasteiger partial charge in [-0.3, -0.25) is 14.5 Å². The number of carbonyl (C=O) groups excluding carboxylic acids is 2. The van der Waals surface area contributed by atoms with E-state index in [1.165, 1.54) is 16.7 Å². The zero-order valence-electron chi connectivity index (χ0n) is 19.1. The fourth-order valence-electron chi connectivity index (χ4n) is 5.59. The number of carbonyl (C=O) groups is 3. The van der Waals surface area contributed by atoms with Crippen molar-refractivity contribution in [2.45, 2.75) is 50.1 Å². The van der Waals surface area contributed by atoms with Gasteiger partial charge in [-0.2, -0.15) is 0 Å². The molecule has 3 fully saturated rings. The van der Waals surface area contributed by atoms with E-state index in [2.05, 4.69) is 5.32 Å². The molecule has 0 aliphatic carbocycles. The quantitative estimate of drug-likeness (QED) is 0.437. The lowest BCUT2D eigenvalue weighted by Gasteiger charge is -2.46. The Bertz CT molecular complexity index is 840. The molecule has 184 valence electrons. The Morgan fingerprint density at radius 2 is 2.03 bits per heavy atom. The topological polar surface area (TPSA) is 113 Å². The van der Waals surface area contributed by atoms with Gasteiger partial charge in [0.25, 0.3) is 0 Å². The summed E-state index contributed by atoms with van der Waals surface area (Å²) in [5.74, 6) is -2.19. The molecule has 0 aromatic heterocycles. The number of nitrogens with one attached hydrogen (secondary N) is 1. The van der Waals surface area contributed by atoms with Gasteiger partial charge in [0, 0.05) is 48.8 Å². The minimum absolute atomic E-state index is 0.0135. The molecule has 0 spiro atoms. The Balaban J connectivity index is 1.39. The number of hydrogen-bond donors (Lipinski definition) is 3. The molecule has 0 saturated carbocycles. The van der Waals surface area contributed by atoms with Crippen LogP contribution in [0.15, 0.2) is 10.6 Å². The van der Waals surface area contributed by atoms with Crippen LogP contribution in [0, 0.1) is 11.8 Å². The number of carboxylic acids is 1. The zero-order chi connectivity index (χ0) is 23.9. The minimum atomic E-state index is -1.13. The van der Waals surface area contributed by atoms with Crippen LogP contribution in [0.5, 0.6) is 0 Å². The van der Waals surface area contributed by atoms with Gasteiger partial charge in [0.1, 0.15) is 12.4 Å². The molecule has 0 aromatic rings. The highest BCUT2D eigenvalue weighted by Gasteiger charge is 2.60. The van der Waals surface area contributed by atoms with E-state index in [-0.39, 0.29) is 47.4 Å². The third-order valence-electron chi connectivity index (χ3n) is 7.29. The molecule has 11 heteroatoms. The standard InChI is InChI=1S/C22H33FN4O5S/c1-12-17-16(13(2)28)21(30)27(17)18(22(31)32)19(12)33-14-10-15(24-11-14)20(29)26-6-3-5-25(7-4-23)8-9-26/h12-17,24,28H,3-11H2,1-2H3,(H,31,32)/t12-,13-,14+,15+,16-,17-/m1/s1. The summed E-state index contributed by atoms with van der Waals surface area (Å²) in [5, 5.41) is 23.1. The van der Waals surface area contributed by atoms with Gasteiger partial charge >= 0.3 is 5.97 Å². The number of thioether (sulfide) groups is 1. The average Bonchev–Trinajstić information content (AvgIpc) is 3.22. The van der Waals surface area contributed by atoms with Crippen LogP contribution < -0.4 is 5.32 Å². The van der Waals surface area contributed by atoms with Crippen molar-refractivity contribution in [3.8, 4) is 0 Å². The number of aliphatic hydroxyl groups excluding tert-OH is 1. The lowest BCUT2D eigenvalue weighted by atomic mass is 9.79. The Labute approximate surface area is 197 Å². The van der Waals surface area contributed by atoms with Crippen molar-refractivity contribution in [3.05, 3.63) is 10.6 Å². The number of rotatable bonds is 7. The zero-order valence-corrected chi connectivity index (χ0v) is 19.9. The highest BCUT2D eigenvalue weighted by atomic mass is 32.2. The molecule has 9 nitrogen and oxygen atoms in total. The van der Waals surface area contributed by atoms with Crippen LogP contribution >= 0.6 is 11.8 Å². The van der Waals surface area contributed by atoms with E-state index < -0.39 is 18.0 Å². The number of amides is 2. The Morgan fingerprint density at radius 3 is 2.70 bits per heavy atom. The monoisotopic (exact) mass is 484 g/mol. The summed E-state index contributed by atoms with van der Waals surface area (Å²) >= 11 is 1.44. The first-order valence-corrected chi connectivity index (χ1v) is 12.6. The third kappa shape index (κ3) is 4.52. The van der Waals surface area contributed by atoms with E-state index in [4.69, 9.17) is 0 Å². The van der Waals surface area contributed by atoms with Crippen molar-refractivity contribution in [1.29, 1.82) is 0 Å². The largest absolute Gasteiger partial charge is 0.477 e. The molecule has 4 aliphatic heterocycles. The first-order chi connectivity index (χ1) is 15.7. The van der Waals surface area contributed by atoms with Gasteiger partial charge in [-0.25, -0.2) is 9.18 Å². The number of fused-ring (bicyclic) bond motifs is 1. The summed E-state index contributed by atoms with van der Waals surface area (Å²) in [4.78, 5) is 43.5. The Morgan fingerprint density at radius 1 is 1.27 bits per heavy atom. The molecule has 0 radical (unpaired) electrons. The molecule has 0 unspecified atom stereocenters. The van der Waals surface area contributed by atoms with Gasteiger partial charge in [-0.15, -0.1) is 11.8 Å². The number of halogens is 1. The molecule has 4 rings (SSSR count). The van der Waals surface area contributed by atoms with Crippen LogP contribution in [0.4, 0.5) is 4.39 Å². The lowest BCUT2D eigenvalue weighted by molar-refractivity contribution is -0.163. The van der Waals surface area contributed by atoms with Gasteiger partial charge in [0.05, 0.1) is 24.1 Å². The van der Waals surface area contributed by atoms with E-state index in [0.29, 0.717) is 44.0 Å². The SMILES string of the molecule is C[C@@H](O)[C@H]1C(=O)N2C(C(=O)O)=C(S[C@@H]3CN[C@H](C(=O)N4CCCN(CCF)CC4)C3)[C@H](C)[C@H]12. The summed E-state index contributed by atoms with van der Waals surface area (Å²) in [6, 6.07) is -0.660. The number of β-lactam (4-membered cyclic amide) rings is 1. The highest BCUT2D eigenvalue weighted by molar-refractivity contribution is 8.03. The number of hydrogen-bond acceptors (Lipinski definition) is 7. The Kier molecular flexibility index (Phi) is 7.32. The molecule has 6 atom stereocenters. The molecule has 0 bridgehead atoms. The predicted octanol–water partition coefficient (Wildman–Crippen LogP) is 0.108. The normalized spacial score (nSPS) is 33.7. The van der Waals surface area contributed by atoms with Gasteiger partial charge in [0.15, 0.2) is 0 Å². The molecule has 4 aliphatic rings. The lowest BCUT2D eigenvalue weighted by Crippen LogP contribution is -2.63. The second kappa shape index (κ2) is 9.89. The average molecular weight is 485 g/mol. The van der Waals surface area contributed by atoms with Gasteiger partial charge in [-0.1, -0.05) is 6.92 Å². The van der Waals surface area contributed by atoms with E-state index in [9.17, 15) is 29.0 Å². The molecule has 3 N–H and O–H groups in total. The second-order valence-electron chi connectivity index (χ2n) is 9.42. The van der Waals surface area contributed by atoms with Crippen LogP contribution in [-0.2, 0) is 14.4 Å². The molecule has 0 aromatic carbocycles. The van der Waals surface area contributed by atoms with E-state index in [0.717, 1.165) is 13.0 Å². The van der Waals surface area contributed by atoms with Gasteiger partial charge in [0.2, 0.25) is 11.8 Å². The first-order valence-electron chi connectivity index (χ1n) is 11.7. The van der Waals surface area contributed by atoms with Crippen LogP contribution in [-0.4, -0.2) is 112 Å². The van der Waals surface area contributed by atoms with Gasteiger partial charge < -0.3 is 25.3 Å².